The zero-order chi connectivity index (χ0) is 9.42. The molecule has 0 spiro atoms. The van der Waals surface area contributed by atoms with Gasteiger partial charge in [0.05, 0.1) is 5.56 Å². The molecule has 0 fully saturated rings. The van der Waals surface area contributed by atoms with E-state index in [4.69, 9.17) is 16.9 Å². The molecule has 1 aromatic heterocycles. The molecule has 1 N–H and O–H groups in total. The summed E-state index contributed by atoms with van der Waals surface area (Å²) >= 11 is 5.86. The van der Waals surface area contributed by atoms with Crippen molar-refractivity contribution in [3.8, 4) is 6.07 Å². The number of nitrogens with zero attached hydrogens (tertiary/aromatic N) is 1. The lowest BCUT2D eigenvalue weighted by Gasteiger charge is -1.94. The van der Waals surface area contributed by atoms with Crippen molar-refractivity contribution < 1.29 is 0 Å². The van der Waals surface area contributed by atoms with Gasteiger partial charge in [-0.2, -0.15) is 5.26 Å². The predicted octanol–water partition coefficient (Wildman–Crippen LogP) is 3.00. The van der Waals surface area contributed by atoms with E-state index < -0.39 is 0 Å². The van der Waals surface area contributed by atoms with Crippen molar-refractivity contribution in [3.05, 3.63) is 34.5 Å². The van der Waals surface area contributed by atoms with E-state index in [-0.39, 0.29) is 0 Å². The number of halogens is 1. The van der Waals surface area contributed by atoms with Crippen LogP contribution in [0.1, 0.15) is 11.1 Å². The Morgan fingerprint density at radius 2 is 2.23 bits per heavy atom. The summed E-state index contributed by atoms with van der Waals surface area (Å²) in [5.41, 5.74) is 2.52. The molecule has 64 valence electrons. The van der Waals surface area contributed by atoms with Crippen molar-refractivity contribution in [2.75, 3.05) is 0 Å². The lowest BCUT2D eigenvalue weighted by atomic mass is 10.1. The first-order chi connectivity index (χ1) is 6.24. The monoisotopic (exact) mass is 190 g/mol. The molecule has 13 heavy (non-hydrogen) atoms. The van der Waals surface area contributed by atoms with Crippen LogP contribution in [0.2, 0.25) is 5.15 Å². The number of aromatic nitrogens is 1. The van der Waals surface area contributed by atoms with Crippen LogP contribution in [0.4, 0.5) is 0 Å². The molecule has 0 aliphatic heterocycles. The summed E-state index contributed by atoms with van der Waals surface area (Å²) in [6, 6.07) is 7.91. The summed E-state index contributed by atoms with van der Waals surface area (Å²) in [4.78, 5) is 2.96. The van der Waals surface area contributed by atoms with E-state index in [9.17, 15) is 0 Å². The number of H-pyrrole nitrogens is 1. The Morgan fingerprint density at radius 1 is 1.46 bits per heavy atom. The smallest absolute Gasteiger partial charge is 0.125 e. The van der Waals surface area contributed by atoms with Crippen molar-refractivity contribution in [1.29, 1.82) is 5.26 Å². The van der Waals surface area contributed by atoms with E-state index >= 15 is 0 Å². The second kappa shape index (κ2) is 2.79. The Kier molecular flexibility index (Phi) is 1.75. The Morgan fingerprint density at radius 3 is 2.92 bits per heavy atom. The SMILES string of the molecule is Cc1cccc2[nH]c(Cl)c(C#N)c12. The van der Waals surface area contributed by atoms with E-state index in [1.165, 1.54) is 0 Å². The van der Waals surface area contributed by atoms with Crippen molar-refractivity contribution in [3.63, 3.8) is 0 Å². The van der Waals surface area contributed by atoms with Gasteiger partial charge in [0.25, 0.3) is 0 Å². The molecule has 0 aliphatic rings. The maximum atomic E-state index is 8.88. The van der Waals surface area contributed by atoms with Crippen LogP contribution < -0.4 is 0 Å². The van der Waals surface area contributed by atoms with Crippen LogP contribution in [0.5, 0.6) is 0 Å². The molecule has 3 heteroatoms. The molecule has 0 unspecified atom stereocenters. The minimum atomic E-state index is 0.423. The van der Waals surface area contributed by atoms with Crippen molar-refractivity contribution >= 4 is 22.5 Å². The molecule has 2 rings (SSSR count). The molecular formula is C10H7ClN2. The van der Waals surface area contributed by atoms with Gasteiger partial charge in [-0.1, -0.05) is 23.7 Å². The summed E-state index contributed by atoms with van der Waals surface area (Å²) in [7, 11) is 0. The number of hydrogen-bond acceptors (Lipinski definition) is 1. The van der Waals surface area contributed by atoms with Crippen LogP contribution in [-0.2, 0) is 0 Å². The normalized spacial score (nSPS) is 10.2. The minimum absolute atomic E-state index is 0.423. The highest BCUT2D eigenvalue weighted by atomic mass is 35.5. The number of aryl methyl sites for hydroxylation is 1. The van der Waals surface area contributed by atoms with Gasteiger partial charge in [0, 0.05) is 10.9 Å². The fourth-order valence-corrected chi connectivity index (χ4v) is 1.74. The molecule has 1 heterocycles. The number of hydrogen-bond donors (Lipinski definition) is 1. The highest BCUT2D eigenvalue weighted by Gasteiger charge is 2.10. The highest BCUT2D eigenvalue weighted by molar-refractivity contribution is 6.32. The van der Waals surface area contributed by atoms with E-state index in [0.717, 1.165) is 16.5 Å². The number of aromatic amines is 1. The Hall–Kier alpha value is -1.46. The first kappa shape index (κ1) is 8.15. The van der Waals surface area contributed by atoms with Gasteiger partial charge in [0.2, 0.25) is 0 Å². The molecule has 1 aromatic carbocycles. The molecule has 0 aliphatic carbocycles. The second-order valence-corrected chi connectivity index (χ2v) is 3.30. The van der Waals surface area contributed by atoms with E-state index in [0.29, 0.717) is 10.7 Å². The summed E-state index contributed by atoms with van der Waals surface area (Å²) in [5.74, 6) is 0. The summed E-state index contributed by atoms with van der Waals surface area (Å²) < 4.78 is 0. The highest BCUT2D eigenvalue weighted by Crippen LogP contribution is 2.27. The van der Waals surface area contributed by atoms with Gasteiger partial charge >= 0.3 is 0 Å². The zero-order valence-electron chi connectivity index (χ0n) is 7.06. The molecule has 0 radical (unpaired) electrons. The Labute approximate surface area is 80.7 Å². The van der Waals surface area contributed by atoms with Gasteiger partial charge in [-0.25, -0.2) is 0 Å². The number of nitrogens with one attached hydrogen (secondary N) is 1. The van der Waals surface area contributed by atoms with Crippen molar-refractivity contribution in [1.82, 2.24) is 4.98 Å². The summed E-state index contributed by atoms with van der Waals surface area (Å²) in [6.45, 7) is 1.97. The van der Waals surface area contributed by atoms with Gasteiger partial charge in [-0.05, 0) is 18.6 Å². The molecule has 0 amide bonds. The largest absolute Gasteiger partial charge is 0.344 e. The van der Waals surface area contributed by atoms with Gasteiger partial charge < -0.3 is 4.98 Å². The molecule has 0 saturated heterocycles. The number of rotatable bonds is 0. The fourth-order valence-electron chi connectivity index (χ4n) is 1.50. The van der Waals surface area contributed by atoms with Crippen LogP contribution in [0.3, 0.4) is 0 Å². The summed E-state index contributed by atoms with van der Waals surface area (Å²) in [6.07, 6.45) is 0. The average Bonchev–Trinajstić information content (AvgIpc) is 2.42. The minimum Gasteiger partial charge on any atom is -0.344 e. The van der Waals surface area contributed by atoms with E-state index in [1.54, 1.807) is 0 Å². The molecule has 2 aromatic rings. The van der Waals surface area contributed by atoms with Crippen molar-refractivity contribution in [2.24, 2.45) is 0 Å². The van der Waals surface area contributed by atoms with Crippen LogP contribution in [0.15, 0.2) is 18.2 Å². The van der Waals surface area contributed by atoms with Crippen LogP contribution >= 0.6 is 11.6 Å². The van der Waals surface area contributed by atoms with E-state index in [2.05, 4.69) is 11.1 Å². The van der Waals surface area contributed by atoms with E-state index in [1.807, 2.05) is 25.1 Å². The van der Waals surface area contributed by atoms with Gasteiger partial charge in [-0.3, -0.25) is 0 Å². The molecule has 0 saturated carbocycles. The molecule has 0 bridgehead atoms. The van der Waals surface area contributed by atoms with Crippen LogP contribution in [-0.4, -0.2) is 4.98 Å². The van der Waals surface area contributed by atoms with Gasteiger partial charge in [0.1, 0.15) is 11.2 Å². The van der Waals surface area contributed by atoms with Crippen LogP contribution in [0.25, 0.3) is 10.9 Å². The third kappa shape index (κ3) is 1.09. The Bertz CT molecular complexity index is 505. The average molecular weight is 191 g/mol. The first-order valence-corrected chi connectivity index (χ1v) is 4.28. The third-order valence-electron chi connectivity index (χ3n) is 2.10. The van der Waals surface area contributed by atoms with Gasteiger partial charge in [0.15, 0.2) is 0 Å². The maximum Gasteiger partial charge on any atom is 0.125 e. The molecule has 2 nitrogen and oxygen atoms in total. The Balaban J connectivity index is 2.99. The number of nitriles is 1. The topological polar surface area (TPSA) is 39.6 Å². The lowest BCUT2D eigenvalue weighted by Crippen LogP contribution is -1.76. The molecular weight excluding hydrogens is 184 g/mol. The maximum absolute atomic E-state index is 8.88. The van der Waals surface area contributed by atoms with Crippen LogP contribution in [0, 0.1) is 18.3 Å². The zero-order valence-corrected chi connectivity index (χ0v) is 7.81. The fraction of sp³-hybridized carbons (Fsp3) is 0.100. The summed E-state index contributed by atoms with van der Waals surface area (Å²) in [5, 5.41) is 10.2. The standard InChI is InChI=1S/C10H7ClN2/c1-6-3-2-4-8-9(6)7(5-12)10(11)13-8/h2-4,13H,1H3. The van der Waals surface area contributed by atoms with Crippen molar-refractivity contribution in [2.45, 2.75) is 6.92 Å². The molecule has 0 atom stereocenters. The third-order valence-corrected chi connectivity index (χ3v) is 2.38. The predicted molar refractivity (Wildman–Crippen MR) is 52.8 cm³/mol. The first-order valence-electron chi connectivity index (χ1n) is 3.91. The second-order valence-electron chi connectivity index (χ2n) is 2.92. The van der Waals surface area contributed by atoms with Gasteiger partial charge in [-0.15, -0.1) is 0 Å². The number of fused-ring (bicyclic) bond motifs is 1. The quantitative estimate of drug-likeness (QED) is 0.682. The lowest BCUT2D eigenvalue weighted by molar-refractivity contribution is 1.44. The number of benzene rings is 1.